The number of carbonyl (C=O) groups is 2. The molecular weight excluding hydrogens is 446 g/mol. The molecule has 0 unspecified atom stereocenters. The molecule has 2 aromatic carbocycles. The maximum Gasteiger partial charge on any atom is 0.247 e. The first kappa shape index (κ1) is 24.2. The third kappa shape index (κ3) is 5.75. The number of hydrogen-bond acceptors (Lipinski definition) is 6. The SMILES string of the molecule is CCc1ccc([C@@H](C(=O)NCc2ccco2)N(CCOC)C(=O)Cn2nnc3ccccc32)cc1. The Labute approximate surface area is 203 Å². The van der Waals surface area contributed by atoms with Crippen LogP contribution < -0.4 is 5.32 Å². The second-order valence-electron chi connectivity index (χ2n) is 8.11. The van der Waals surface area contributed by atoms with Crippen molar-refractivity contribution < 1.29 is 18.7 Å². The minimum atomic E-state index is -0.853. The van der Waals surface area contributed by atoms with Gasteiger partial charge in [0.15, 0.2) is 0 Å². The summed E-state index contributed by atoms with van der Waals surface area (Å²) in [6.07, 6.45) is 2.43. The number of methoxy groups -OCH3 is 1. The number of aromatic nitrogens is 3. The van der Waals surface area contributed by atoms with Gasteiger partial charge < -0.3 is 19.4 Å². The summed E-state index contributed by atoms with van der Waals surface area (Å²) in [5.74, 6) is 0.0521. The Morgan fingerprint density at radius 1 is 1.11 bits per heavy atom. The van der Waals surface area contributed by atoms with Crippen LogP contribution in [-0.2, 0) is 33.8 Å². The van der Waals surface area contributed by atoms with Crippen LogP contribution in [0, 0.1) is 0 Å². The molecule has 182 valence electrons. The molecule has 35 heavy (non-hydrogen) atoms. The van der Waals surface area contributed by atoms with E-state index in [0.717, 1.165) is 17.5 Å². The number of carbonyl (C=O) groups excluding carboxylic acids is 2. The highest BCUT2D eigenvalue weighted by Gasteiger charge is 2.32. The van der Waals surface area contributed by atoms with Gasteiger partial charge in [-0.05, 0) is 41.8 Å². The first-order chi connectivity index (χ1) is 17.1. The lowest BCUT2D eigenvalue weighted by Crippen LogP contribution is -2.46. The fourth-order valence-corrected chi connectivity index (χ4v) is 3.93. The van der Waals surface area contributed by atoms with Crippen LogP contribution in [0.4, 0.5) is 0 Å². The molecule has 0 radical (unpaired) electrons. The van der Waals surface area contributed by atoms with Gasteiger partial charge in [-0.15, -0.1) is 5.10 Å². The minimum absolute atomic E-state index is 0.0563. The molecule has 9 nitrogen and oxygen atoms in total. The second kappa shape index (κ2) is 11.4. The molecule has 0 fully saturated rings. The molecule has 0 aliphatic carbocycles. The summed E-state index contributed by atoms with van der Waals surface area (Å²) in [6, 6.07) is 17.9. The normalized spacial score (nSPS) is 11.9. The predicted octanol–water partition coefficient (Wildman–Crippen LogP) is 3.12. The molecule has 2 aromatic heterocycles. The van der Waals surface area contributed by atoms with E-state index in [0.29, 0.717) is 16.8 Å². The van der Waals surface area contributed by atoms with Gasteiger partial charge in [-0.3, -0.25) is 9.59 Å². The van der Waals surface area contributed by atoms with Gasteiger partial charge in [-0.1, -0.05) is 48.5 Å². The molecular formula is C26H29N5O4. The first-order valence-electron chi connectivity index (χ1n) is 11.6. The van der Waals surface area contributed by atoms with Gasteiger partial charge in [-0.2, -0.15) is 0 Å². The van der Waals surface area contributed by atoms with Crippen molar-refractivity contribution in [2.75, 3.05) is 20.3 Å². The summed E-state index contributed by atoms with van der Waals surface area (Å²) in [6.45, 7) is 2.74. The van der Waals surface area contributed by atoms with E-state index in [4.69, 9.17) is 9.15 Å². The molecule has 9 heteroatoms. The van der Waals surface area contributed by atoms with Crippen LogP contribution in [0.15, 0.2) is 71.3 Å². The molecule has 4 aromatic rings. The molecule has 0 aliphatic rings. The van der Waals surface area contributed by atoms with Gasteiger partial charge in [0, 0.05) is 13.7 Å². The lowest BCUT2D eigenvalue weighted by Gasteiger charge is -2.31. The summed E-state index contributed by atoms with van der Waals surface area (Å²) < 4.78 is 12.2. The van der Waals surface area contributed by atoms with Crippen molar-refractivity contribution in [3.63, 3.8) is 0 Å². The lowest BCUT2D eigenvalue weighted by molar-refractivity contribution is -0.142. The van der Waals surface area contributed by atoms with Crippen LogP contribution in [0.3, 0.4) is 0 Å². The van der Waals surface area contributed by atoms with Crippen LogP contribution in [0.5, 0.6) is 0 Å². The average molecular weight is 476 g/mol. The van der Waals surface area contributed by atoms with Gasteiger partial charge in [0.2, 0.25) is 11.8 Å². The van der Waals surface area contributed by atoms with Crippen molar-refractivity contribution in [1.29, 1.82) is 0 Å². The van der Waals surface area contributed by atoms with E-state index in [1.54, 1.807) is 35.1 Å². The summed E-state index contributed by atoms with van der Waals surface area (Å²) in [5.41, 5.74) is 3.31. The number of fused-ring (bicyclic) bond motifs is 1. The maximum atomic E-state index is 13.6. The predicted molar refractivity (Wildman–Crippen MR) is 130 cm³/mol. The maximum absolute atomic E-state index is 13.6. The zero-order valence-electron chi connectivity index (χ0n) is 19.9. The third-order valence-electron chi connectivity index (χ3n) is 5.84. The summed E-state index contributed by atoms with van der Waals surface area (Å²) in [7, 11) is 1.57. The fourth-order valence-electron chi connectivity index (χ4n) is 3.93. The highest BCUT2D eigenvalue weighted by atomic mass is 16.5. The van der Waals surface area contributed by atoms with Crippen molar-refractivity contribution in [3.05, 3.63) is 83.8 Å². The number of ether oxygens (including phenoxy) is 1. The molecule has 1 atom stereocenters. The van der Waals surface area contributed by atoms with E-state index in [-0.39, 0.29) is 38.1 Å². The topological polar surface area (TPSA) is 102 Å². The molecule has 0 spiro atoms. The van der Waals surface area contributed by atoms with Crippen molar-refractivity contribution >= 4 is 22.8 Å². The molecule has 0 bridgehead atoms. The molecule has 0 aliphatic heterocycles. The number of nitrogens with zero attached hydrogens (tertiary/aromatic N) is 4. The number of rotatable bonds is 11. The van der Waals surface area contributed by atoms with Gasteiger partial charge in [0.1, 0.15) is 23.9 Å². The Kier molecular flexibility index (Phi) is 7.89. The molecule has 2 amide bonds. The highest BCUT2D eigenvalue weighted by Crippen LogP contribution is 2.23. The van der Waals surface area contributed by atoms with Crippen LogP contribution >= 0.6 is 0 Å². The number of para-hydroxylation sites is 1. The van der Waals surface area contributed by atoms with Crippen LogP contribution in [0.25, 0.3) is 11.0 Å². The fraction of sp³-hybridized carbons (Fsp3) is 0.308. The van der Waals surface area contributed by atoms with Crippen LogP contribution in [0.1, 0.15) is 29.9 Å². The Hall–Kier alpha value is -3.98. The van der Waals surface area contributed by atoms with Gasteiger partial charge in [-0.25, -0.2) is 4.68 Å². The van der Waals surface area contributed by atoms with Crippen molar-refractivity contribution in [2.45, 2.75) is 32.5 Å². The zero-order chi connectivity index (χ0) is 24.6. The lowest BCUT2D eigenvalue weighted by atomic mass is 10.0. The number of aryl methyl sites for hydroxylation is 1. The largest absolute Gasteiger partial charge is 0.467 e. The summed E-state index contributed by atoms with van der Waals surface area (Å²) in [5, 5.41) is 11.2. The van der Waals surface area contributed by atoms with Crippen molar-refractivity contribution in [3.8, 4) is 0 Å². The quantitative estimate of drug-likeness (QED) is 0.358. The Morgan fingerprint density at radius 3 is 2.63 bits per heavy atom. The number of benzene rings is 2. The van der Waals surface area contributed by atoms with Gasteiger partial charge in [0.25, 0.3) is 0 Å². The second-order valence-corrected chi connectivity index (χ2v) is 8.11. The summed E-state index contributed by atoms with van der Waals surface area (Å²) >= 11 is 0. The van der Waals surface area contributed by atoms with E-state index in [2.05, 4.69) is 22.6 Å². The standard InChI is InChI=1S/C26H29N5O4/c1-3-19-10-12-20(13-11-19)25(26(33)27-17-21-7-6-15-35-21)30(14-16-34-2)24(32)18-31-23-9-5-4-8-22(23)28-29-31/h4-13,15,25H,3,14,16-18H2,1-2H3,(H,27,33)/t25-/m0/s1. The number of furan rings is 1. The monoisotopic (exact) mass is 475 g/mol. The zero-order valence-corrected chi connectivity index (χ0v) is 19.9. The Balaban J connectivity index is 1.64. The Bertz CT molecular complexity index is 1250. The average Bonchev–Trinajstić information content (AvgIpc) is 3.55. The molecule has 2 heterocycles. The molecule has 4 rings (SSSR count). The summed E-state index contributed by atoms with van der Waals surface area (Å²) in [4.78, 5) is 28.7. The van der Waals surface area contributed by atoms with Gasteiger partial charge >= 0.3 is 0 Å². The van der Waals surface area contributed by atoms with E-state index < -0.39 is 6.04 Å². The smallest absolute Gasteiger partial charge is 0.247 e. The van der Waals surface area contributed by atoms with Crippen LogP contribution in [0.2, 0.25) is 0 Å². The minimum Gasteiger partial charge on any atom is -0.467 e. The van der Waals surface area contributed by atoms with Crippen LogP contribution in [-0.4, -0.2) is 52.0 Å². The van der Waals surface area contributed by atoms with E-state index in [9.17, 15) is 9.59 Å². The number of hydrogen-bond donors (Lipinski definition) is 1. The molecule has 0 saturated carbocycles. The Morgan fingerprint density at radius 2 is 1.91 bits per heavy atom. The van der Waals surface area contributed by atoms with E-state index in [1.807, 2.05) is 48.5 Å². The first-order valence-corrected chi connectivity index (χ1v) is 11.6. The number of nitrogens with one attached hydrogen (secondary N) is 1. The molecule has 0 saturated heterocycles. The third-order valence-corrected chi connectivity index (χ3v) is 5.84. The van der Waals surface area contributed by atoms with Gasteiger partial charge in [0.05, 0.1) is 24.9 Å². The highest BCUT2D eigenvalue weighted by molar-refractivity contribution is 5.89. The number of amides is 2. The van der Waals surface area contributed by atoms with E-state index >= 15 is 0 Å². The van der Waals surface area contributed by atoms with Crippen molar-refractivity contribution in [1.82, 2.24) is 25.2 Å². The molecule has 1 N–H and O–H groups in total. The van der Waals surface area contributed by atoms with E-state index in [1.165, 1.54) is 0 Å². The van der Waals surface area contributed by atoms with Crippen molar-refractivity contribution in [2.24, 2.45) is 0 Å².